The van der Waals surface area contributed by atoms with Gasteiger partial charge in [-0.05, 0) is 18.2 Å². The molecular formula is C10H9BrClN3. The van der Waals surface area contributed by atoms with Gasteiger partial charge in [-0.25, -0.2) is 4.98 Å². The quantitative estimate of drug-likeness (QED) is 0.875. The molecule has 0 aliphatic rings. The van der Waals surface area contributed by atoms with Gasteiger partial charge in [-0.2, -0.15) is 0 Å². The van der Waals surface area contributed by atoms with Crippen molar-refractivity contribution < 1.29 is 0 Å². The van der Waals surface area contributed by atoms with E-state index in [0.29, 0.717) is 16.5 Å². The molecular weight excluding hydrogens is 277 g/mol. The van der Waals surface area contributed by atoms with Gasteiger partial charge in [0.05, 0.1) is 11.3 Å². The molecule has 0 amide bonds. The van der Waals surface area contributed by atoms with Crippen LogP contribution in [0.4, 0.5) is 5.82 Å². The van der Waals surface area contributed by atoms with Gasteiger partial charge in [0.15, 0.2) is 0 Å². The molecule has 2 aromatic rings. The summed E-state index contributed by atoms with van der Waals surface area (Å²) in [5.41, 5.74) is 7.43. The third kappa shape index (κ3) is 1.87. The molecule has 0 radical (unpaired) electrons. The fraction of sp³-hybridized carbons (Fsp3) is 0.100. The minimum Gasteiger partial charge on any atom is -0.383 e. The Hall–Kier alpha value is -1.00. The molecule has 0 saturated heterocycles. The summed E-state index contributed by atoms with van der Waals surface area (Å²) in [7, 11) is 1.84. The van der Waals surface area contributed by atoms with Crippen molar-refractivity contribution in [1.29, 1.82) is 0 Å². The van der Waals surface area contributed by atoms with Gasteiger partial charge in [0.25, 0.3) is 0 Å². The molecule has 78 valence electrons. The minimum atomic E-state index is 0.606. The van der Waals surface area contributed by atoms with Gasteiger partial charge in [0, 0.05) is 17.1 Å². The normalized spacial score (nSPS) is 10.6. The summed E-state index contributed by atoms with van der Waals surface area (Å²) >= 11 is 9.48. The first-order chi connectivity index (χ1) is 7.09. The van der Waals surface area contributed by atoms with Gasteiger partial charge in [-0.15, -0.1) is 0 Å². The molecule has 15 heavy (non-hydrogen) atoms. The number of aromatic nitrogens is 2. The second-order valence-corrected chi connectivity index (χ2v) is 4.54. The molecule has 0 aliphatic heterocycles. The van der Waals surface area contributed by atoms with E-state index in [1.807, 2.05) is 25.2 Å². The molecule has 0 fully saturated rings. The molecule has 3 nitrogen and oxygen atoms in total. The number of nitrogens with zero attached hydrogens (tertiary/aromatic N) is 2. The Kier molecular flexibility index (Phi) is 2.71. The number of aryl methyl sites for hydroxylation is 1. The van der Waals surface area contributed by atoms with Crippen LogP contribution in [0.15, 0.2) is 29.0 Å². The van der Waals surface area contributed by atoms with E-state index in [9.17, 15) is 0 Å². The number of halogens is 2. The maximum absolute atomic E-state index is 6.09. The predicted octanol–water partition coefficient (Wildman–Crippen LogP) is 3.09. The van der Waals surface area contributed by atoms with Crippen molar-refractivity contribution in [3.05, 3.63) is 34.0 Å². The number of anilines is 1. The zero-order valence-corrected chi connectivity index (χ0v) is 10.4. The lowest BCUT2D eigenvalue weighted by Crippen LogP contribution is -1.96. The highest BCUT2D eigenvalue weighted by molar-refractivity contribution is 9.10. The topological polar surface area (TPSA) is 43.8 Å². The Morgan fingerprint density at radius 1 is 1.47 bits per heavy atom. The highest BCUT2D eigenvalue weighted by atomic mass is 79.9. The Morgan fingerprint density at radius 2 is 2.20 bits per heavy atom. The zero-order chi connectivity index (χ0) is 11.0. The van der Waals surface area contributed by atoms with Crippen LogP contribution in [0.2, 0.25) is 5.02 Å². The summed E-state index contributed by atoms with van der Waals surface area (Å²) < 4.78 is 2.71. The van der Waals surface area contributed by atoms with Gasteiger partial charge >= 0.3 is 0 Å². The van der Waals surface area contributed by atoms with Crippen LogP contribution in [-0.4, -0.2) is 9.55 Å². The van der Waals surface area contributed by atoms with Crippen molar-refractivity contribution in [1.82, 2.24) is 9.55 Å². The summed E-state index contributed by atoms with van der Waals surface area (Å²) in [5, 5.41) is 0.642. The molecule has 0 aliphatic carbocycles. The maximum Gasteiger partial charge on any atom is 0.131 e. The van der Waals surface area contributed by atoms with Crippen LogP contribution in [0.1, 0.15) is 0 Å². The summed E-state index contributed by atoms with van der Waals surface area (Å²) in [6, 6.07) is 5.60. The van der Waals surface area contributed by atoms with Crippen molar-refractivity contribution in [3.63, 3.8) is 0 Å². The molecule has 1 aromatic carbocycles. The van der Waals surface area contributed by atoms with Gasteiger partial charge < -0.3 is 10.3 Å². The fourth-order valence-corrected chi connectivity index (χ4v) is 1.89. The van der Waals surface area contributed by atoms with Crippen LogP contribution in [0, 0.1) is 0 Å². The number of nitrogens with two attached hydrogens (primary N) is 1. The van der Waals surface area contributed by atoms with Crippen LogP contribution < -0.4 is 5.73 Å². The summed E-state index contributed by atoms with van der Waals surface area (Å²) in [5.74, 6) is 0.606. The first-order valence-electron chi connectivity index (χ1n) is 4.32. The third-order valence-electron chi connectivity index (χ3n) is 2.17. The van der Waals surface area contributed by atoms with E-state index in [-0.39, 0.29) is 0 Å². The van der Waals surface area contributed by atoms with E-state index >= 15 is 0 Å². The van der Waals surface area contributed by atoms with Gasteiger partial charge in [0.1, 0.15) is 11.5 Å². The van der Waals surface area contributed by atoms with Gasteiger partial charge in [-0.1, -0.05) is 27.5 Å². The van der Waals surface area contributed by atoms with Crippen LogP contribution in [0.25, 0.3) is 11.3 Å². The molecule has 1 heterocycles. The lowest BCUT2D eigenvalue weighted by molar-refractivity contribution is 0.925. The molecule has 1 aromatic heterocycles. The van der Waals surface area contributed by atoms with Crippen LogP contribution in [0.5, 0.6) is 0 Å². The first-order valence-corrected chi connectivity index (χ1v) is 5.49. The number of hydrogen-bond acceptors (Lipinski definition) is 2. The Morgan fingerprint density at radius 3 is 2.80 bits per heavy atom. The summed E-state index contributed by atoms with van der Waals surface area (Å²) in [4.78, 5) is 4.22. The number of nitrogen functional groups attached to an aromatic ring is 1. The molecule has 0 unspecified atom stereocenters. The second-order valence-electron chi connectivity index (χ2n) is 3.21. The van der Waals surface area contributed by atoms with Crippen LogP contribution in [0.3, 0.4) is 0 Å². The van der Waals surface area contributed by atoms with Crippen molar-refractivity contribution >= 4 is 33.3 Å². The molecule has 5 heteroatoms. The molecule has 0 bridgehead atoms. The SMILES string of the molecule is Cn1cnc(-c2cc(Br)ccc2Cl)c1N. The first kappa shape index (κ1) is 10.5. The predicted molar refractivity (Wildman–Crippen MR) is 65.8 cm³/mol. The average Bonchev–Trinajstić information content (AvgIpc) is 2.52. The molecule has 2 N–H and O–H groups in total. The standard InChI is InChI=1S/C10H9BrClN3/c1-15-5-14-9(10(15)13)7-4-6(11)2-3-8(7)12/h2-5H,13H2,1H3. The Labute approximate surface area is 101 Å². The molecule has 2 rings (SSSR count). The molecule has 0 saturated carbocycles. The summed E-state index contributed by atoms with van der Waals surface area (Å²) in [6.07, 6.45) is 1.67. The van der Waals surface area contributed by atoms with Crippen molar-refractivity contribution in [2.45, 2.75) is 0 Å². The van der Waals surface area contributed by atoms with Crippen molar-refractivity contribution in [2.75, 3.05) is 5.73 Å². The Bertz CT molecular complexity index is 507. The smallest absolute Gasteiger partial charge is 0.131 e. The van der Waals surface area contributed by atoms with E-state index in [0.717, 1.165) is 10.0 Å². The zero-order valence-electron chi connectivity index (χ0n) is 8.04. The number of hydrogen-bond donors (Lipinski definition) is 1. The third-order valence-corrected chi connectivity index (χ3v) is 2.99. The molecule has 0 spiro atoms. The average molecular weight is 287 g/mol. The Balaban J connectivity index is 2.63. The van der Waals surface area contributed by atoms with Crippen LogP contribution >= 0.6 is 27.5 Å². The van der Waals surface area contributed by atoms with Crippen molar-refractivity contribution in [3.8, 4) is 11.3 Å². The minimum absolute atomic E-state index is 0.606. The molecule has 0 atom stereocenters. The maximum atomic E-state index is 6.09. The van der Waals surface area contributed by atoms with Crippen molar-refractivity contribution in [2.24, 2.45) is 7.05 Å². The van der Waals surface area contributed by atoms with E-state index < -0.39 is 0 Å². The largest absolute Gasteiger partial charge is 0.383 e. The summed E-state index contributed by atoms with van der Waals surface area (Å²) in [6.45, 7) is 0. The van der Waals surface area contributed by atoms with E-state index in [1.165, 1.54) is 0 Å². The second kappa shape index (κ2) is 3.87. The van der Waals surface area contributed by atoms with Gasteiger partial charge in [-0.3, -0.25) is 0 Å². The highest BCUT2D eigenvalue weighted by Gasteiger charge is 2.11. The number of rotatable bonds is 1. The van der Waals surface area contributed by atoms with Crippen LogP contribution in [-0.2, 0) is 7.05 Å². The number of benzene rings is 1. The number of imidazole rings is 1. The highest BCUT2D eigenvalue weighted by Crippen LogP contribution is 2.32. The monoisotopic (exact) mass is 285 g/mol. The van der Waals surface area contributed by atoms with E-state index in [2.05, 4.69) is 20.9 Å². The fourth-order valence-electron chi connectivity index (χ4n) is 1.33. The van der Waals surface area contributed by atoms with E-state index in [4.69, 9.17) is 17.3 Å². The van der Waals surface area contributed by atoms with E-state index in [1.54, 1.807) is 10.9 Å². The lowest BCUT2D eigenvalue weighted by atomic mass is 10.1. The lowest BCUT2D eigenvalue weighted by Gasteiger charge is -2.03. The van der Waals surface area contributed by atoms with Gasteiger partial charge in [0.2, 0.25) is 0 Å².